The van der Waals surface area contributed by atoms with Crippen molar-refractivity contribution >= 4 is 33.9 Å². The molecule has 0 bridgehead atoms. The van der Waals surface area contributed by atoms with Gasteiger partial charge >= 0.3 is 6.18 Å². The highest BCUT2D eigenvalue weighted by molar-refractivity contribution is 6.15. The first-order valence-corrected chi connectivity index (χ1v) is 15.1. The largest absolute Gasteiger partial charge is 0.416 e. The van der Waals surface area contributed by atoms with E-state index >= 15 is 0 Å². The number of carbonyl (C=O) groups is 1. The smallest absolute Gasteiger partial charge is 0.394 e. The zero-order valence-corrected chi connectivity index (χ0v) is 26.4. The SMILES string of the molecule is CN/C=C\C(=N)c1cccc2c(C#Cc3cc(C(=O)Nc4ccc(CN5CCN(C)CC5)c(C(F)(F)F)c4)ccc3C)c(N)ncc12. The summed E-state index contributed by atoms with van der Waals surface area (Å²) in [6.45, 7) is 5.01. The van der Waals surface area contributed by atoms with Gasteiger partial charge < -0.3 is 26.7 Å². The number of anilines is 2. The molecule has 47 heavy (non-hydrogen) atoms. The molecule has 8 nitrogen and oxygen atoms in total. The number of aromatic nitrogens is 1. The third kappa shape index (κ3) is 7.80. The van der Waals surface area contributed by atoms with Crippen LogP contribution >= 0.6 is 0 Å². The second kappa shape index (κ2) is 14.1. The first-order valence-electron chi connectivity index (χ1n) is 15.1. The van der Waals surface area contributed by atoms with Gasteiger partial charge in [0.05, 0.1) is 16.8 Å². The van der Waals surface area contributed by atoms with Crippen molar-refractivity contribution in [2.75, 3.05) is 51.3 Å². The molecule has 3 aromatic carbocycles. The van der Waals surface area contributed by atoms with Gasteiger partial charge in [-0.3, -0.25) is 9.69 Å². The molecule has 1 fully saturated rings. The van der Waals surface area contributed by atoms with Gasteiger partial charge in [0.15, 0.2) is 0 Å². The van der Waals surface area contributed by atoms with Crippen LogP contribution in [0, 0.1) is 24.2 Å². The van der Waals surface area contributed by atoms with Crippen LogP contribution in [0.2, 0.25) is 0 Å². The standard InChI is InChI=1S/C36H36F3N7O/c1-23-7-8-25(35(47)44-27-11-9-26(32(20-27)36(37,38)39)22-46-17-15-45(3)16-18-46)19-24(23)10-12-30-28-5-4-6-29(33(40)13-14-42-2)31(28)21-43-34(30)41/h4-9,11,13-14,19-21,40,42H,15-18,22H2,1-3H3,(H2,41,43)(H,44,47)/b14-13-,40-33?. The van der Waals surface area contributed by atoms with Gasteiger partial charge in [-0.2, -0.15) is 13.2 Å². The number of allylic oxidation sites excluding steroid dienone is 1. The molecule has 0 atom stereocenters. The fourth-order valence-corrected chi connectivity index (χ4v) is 5.42. The number of likely N-dealkylation sites (N-methyl/N-ethyl adjacent to an activating group) is 1. The number of nitrogen functional groups attached to an aromatic ring is 1. The second-order valence-corrected chi connectivity index (χ2v) is 11.5. The Hall–Kier alpha value is -5.18. The third-order valence-electron chi connectivity index (χ3n) is 8.16. The maximum Gasteiger partial charge on any atom is 0.416 e. The Bertz CT molecular complexity index is 1920. The van der Waals surface area contributed by atoms with Gasteiger partial charge in [-0.05, 0) is 61.6 Å². The van der Waals surface area contributed by atoms with Gasteiger partial charge in [0.25, 0.3) is 5.91 Å². The molecule has 1 amide bonds. The number of benzene rings is 3. The number of piperazine rings is 1. The van der Waals surface area contributed by atoms with Crippen LogP contribution in [0.4, 0.5) is 24.7 Å². The van der Waals surface area contributed by atoms with Crippen molar-refractivity contribution in [1.82, 2.24) is 20.1 Å². The molecule has 0 saturated carbocycles. The number of fused-ring (bicyclic) bond motifs is 1. The minimum atomic E-state index is -4.57. The summed E-state index contributed by atoms with van der Waals surface area (Å²) in [6, 6.07) is 14.4. The fourth-order valence-electron chi connectivity index (χ4n) is 5.42. The van der Waals surface area contributed by atoms with Crippen LogP contribution in [0.3, 0.4) is 0 Å². The number of halogens is 3. The average Bonchev–Trinajstić information content (AvgIpc) is 3.04. The lowest BCUT2D eigenvalue weighted by Gasteiger charge is -2.33. The Morgan fingerprint density at radius 1 is 1.06 bits per heavy atom. The summed E-state index contributed by atoms with van der Waals surface area (Å²) >= 11 is 0. The second-order valence-electron chi connectivity index (χ2n) is 11.5. The highest BCUT2D eigenvalue weighted by atomic mass is 19.4. The summed E-state index contributed by atoms with van der Waals surface area (Å²) in [6.07, 6.45) is 0.353. The minimum absolute atomic E-state index is 0.0539. The molecule has 5 N–H and O–H groups in total. The molecule has 0 radical (unpaired) electrons. The monoisotopic (exact) mass is 639 g/mol. The molecular weight excluding hydrogens is 603 g/mol. The number of amides is 1. The van der Waals surface area contributed by atoms with E-state index in [2.05, 4.69) is 32.4 Å². The molecule has 1 aliphatic heterocycles. The number of hydrogen-bond acceptors (Lipinski definition) is 7. The van der Waals surface area contributed by atoms with E-state index in [1.54, 1.807) is 43.7 Å². The van der Waals surface area contributed by atoms with Crippen molar-refractivity contribution in [3.05, 3.63) is 112 Å². The number of aryl methyl sites for hydroxylation is 1. The molecule has 2 heterocycles. The predicted molar refractivity (Wildman–Crippen MR) is 181 cm³/mol. The predicted octanol–water partition coefficient (Wildman–Crippen LogP) is 5.64. The Kier molecular flexibility index (Phi) is 9.94. The van der Waals surface area contributed by atoms with E-state index in [4.69, 9.17) is 11.1 Å². The maximum atomic E-state index is 14.1. The first kappa shape index (κ1) is 33.2. The highest BCUT2D eigenvalue weighted by Gasteiger charge is 2.34. The van der Waals surface area contributed by atoms with Crippen molar-refractivity contribution in [2.45, 2.75) is 19.6 Å². The Morgan fingerprint density at radius 2 is 1.83 bits per heavy atom. The Labute approximate surface area is 272 Å². The number of nitrogens with one attached hydrogen (secondary N) is 3. The first-order chi connectivity index (χ1) is 22.4. The number of rotatable bonds is 7. The van der Waals surface area contributed by atoms with Crippen molar-refractivity contribution in [1.29, 1.82) is 5.41 Å². The normalized spacial score (nSPS) is 14.2. The van der Waals surface area contributed by atoms with Crippen LogP contribution in [0.1, 0.15) is 43.7 Å². The van der Waals surface area contributed by atoms with E-state index in [0.29, 0.717) is 29.8 Å². The van der Waals surface area contributed by atoms with Crippen LogP contribution in [0.25, 0.3) is 10.8 Å². The fraction of sp³-hybridized carbons (Fsp3) is 0.250. The number of alkyl halides is 3. The summed E-state index contributed by atoms with van der Waals surface area (Å²) < 4.78 is 42.2. The van der Waals surface area contributed by atoms with Crippen LogP contribution in [0.15, 0.2) is 73.1 Å². The molecule has 0 aliphatic carbocycles. The topological polar surface area (TPSA) is 110 Å². The van der Waals surface area contributed by atoms with Gasteiger partial charge in [-0.15, -0.1) is 0 Å². The van der Waals surface area contributed by atoms with Crippen molar-refractivity contribution in [3.63, 3.8) is 0 Å². The Morgan fingerprint density at radius 3 is 2.55 bits per heavy atom. The summed E-state index contributed by atoms with van der Waals surface area (Å²) in [5.74, 6) is 5.87. The van der Waals surface area contributed by atoms with E-state index in [1.807, 2.05) is 37.1 Å². The number of pyridine rings is 1. The zero-order chi connectivity index (χ0) is 33.7. The van der Waals surface area contributed by atoms with Crippen LogP contribution in [-0.2, 0) is 12.7 Å². The zero-order valence-electron chi connectivity index (χ0n) is 26.4. The molecule has 0 spiro atoms. The molecular formula is C36H36F3N7O. The highest BCUT2D eigenvalue weighted by Crippen LogP contribution is 2.35. The van der Waals surface area contributed by atoms with E-state index < -0.39 is 17.6 Å². The Balaban J connectivity index is 1.40. The molecule has 5 rings (SSSR count). The average molecular weight is 640 g/mol. The van der Waals surface area contributed by atoms with Gasteiger partial charge in [-0.25, -0.2) is 4.98 Å². The number of nitrogens with zero attached hydrogens (tertiary/aromatic N) is 3. The van der Waals surface area contributed by atoms with Gasteiger partial charge in [0, 0.05) is 79.1 Å². The number of hydrogen-bond donors (Lipinski definition) is 4. The van der Waals surface area contributed by atoms with Gasteiger partial charge in [-0.1, -0.05) is 42.2 Å². The van der Waals surface area contributed by atoms with E-state index in [1.165, 1.54) is 12.1 Å². The third-order valence-corrected chi connectivity index (χ3v) is 8.16. The molecule has 242 valence electrons. The lowest BCUT2D eigenvalue weighted by Crippen LogP contribution is -2.44. The number of carbonyl (C=O) groups excluding carboxylic acids is 1. The van der Waals surface area contributed by atoms with Crippen molar-refractivity contribution in [2.24, 2.45) is 0 Å². The van der Waals surface area contributed by atoms with E-state index in [9.17, 15) is 18.0 Å². The van der Waals surface area contributed by atoms with Gasteiger partial charge in [0.2, 0.25) is 0 Å². The molecule has 1 aromatic heterocycles. The number of nitrogens with two attached hydrogens (primary N) is 1. The van der Waals surface area contributed by atoms with Crippen LogP contribution in [-0.4, -0.2) is 66.7 Å². The van der Waals surface area contributed by atoms with E-state index in [-0.39, 0.29) is 34.9 Å². The minimum Gasteiger partial charge on any atom is -0.394 e. The molecule has 1 saturated heterocycles. The summed E-state index contributed by atoms with van der Waals surface area (Å²) in [7, 11) is 3.74. The van der Waals surface area contributed by atoms with Crippen LogP contribution in [0.5, 0.6) is 0 Å². The summed E-state index contributed by atoms with van der Waals surface area (Å²) in [5.41, 5.74) is 8.73. The van der Waals surface area contributed by atoms with Crippen molar-refractivity contribution < 1.29 is 18.0 Å². The van der Waals surface area contributed by atoms with Crippen LogP contribution < -0.4 is 16.4 Å². The molecule has 1 aliphatic rings. The maximum absolute atomic E-state index is 14.1. The van der Waals surface area contributed by atoms with E-state index in [0.717, 1.165) is 35.5 Å². The quantitative estimate of drug-likeness (QED) is 0.154. The van der Waals surface area contributed by atoms with Gasteiger partial charge in [0.1, 0.15) is 5.82 Å². The molecule has 4 aromatic rings. The van der Waals surface area contributed by atoms with Crippen molar-refractivity contribution in [3.8, 4) is 11.8 Å². The molecule has 0 unspecified atom stereocenters. The lowest BCUT2D eigenvalue weighted by atomic mass is 9.98. The summed E-state index contributed by atoms with van der Waals surface area (Å²) in [5, 5.41) is 15.4. The summed E-state index contributed by atoms with van der Waals surface area (Å²) in [4.78, 5) is 21.7. The lowest BCUT2D eigenvalue weighted by molar-refractivity contribution is -0.138. The molecule has 11 heteroatoms.